The summed E-state index contributed by atoms with van der Waals surface area (Å²) in [4.78, 5) is 0. The molecule has 0 aromatic heterocycles. The normalized spacial score (nSPS) is 21.4. The van der Waals surface area contributed by atoms with Crippen LogP contribution in [0.4, 0.5) is 0 Å². The maximum atomic E-state index is 6.97. The van der Waals surface area contributed by atoms with Crippen LogP contribution in [0.3, 0.4) is 0 Å². The van der Waals surface area contributed by atoms with Crippen LogP contribution in [0.15, 0.2) is 60.7 Å². The molecule has 0 saturated carbocycles. The van der Waals surface area contributed by atoms with Crippen molar-refractivity contribution < 1.29 is 4.43 Å². The number of hydrogen-bond acceptors (Lipinski definition) is 2. The number of hydrogen-bond donors (Lipinski definition) is 1. The summed E-state index contributed by atoms with van der Waals surface area (Å²) >= 11 is 0. The fourth-order valence-electron chi connectivity index (χ4n) is 4.14. The van der Waals surface area contributed by atoms with Gasteiger partial charge in [0.05, 0.1) is 6.61 Å². The summed E-state index contributed by atoms with van der Waals surface area (Å²) in [5, 5.41) is 6.46. The van der Waals surface area contributed by atoms with E-state index in [1.54, 1.807) is 0 Å². The van der Waals surface area contributed by atoms with Crippen LogP contribution in [-0.4, -0.2) is 27.0 Å². The predicted molar refractivity (Wildman–Crippen MR) is 109 cm³/mol. The molecule has 0 aliphatic carbocycles. The van der Waals surface area contributed by atoms with Crippen LogP contribution in [0.5, 0.6) is 0 Å². The second-order valence-electron chi connectivity index (χ2n) is 8.32. The Morgan fingerprint density at radius 2 is 1.44 bits per heavy atom. The zero-order valence-electron chi connectivity index (χ0n) is 16.0. The first kappa shape index (κ1) is 18.4. The quantitative estimate of drug-likeness (QED) is 0.828. The second-order valence-corrected chi connectivity index (χ2v) is 12.6. The zero-order chi connectivity index (χ0) is 17.9. The second kappa shape index (κ2) is 7.44. The van der Waals surface area contributed by atoms with E-state index in [4.69, 9.17) is 4.43 Å². The van der Waals surface area contributed by atoms with Gasteiger partial charge in [-0.1, -0.05) is 81.4 Å². The van der Waals surface area contributed by atoms with Crippen molar-refractivity contribution in [3.8, 4) is 0 Å². The van der Waals surface area contributed by atoms with E-state index in [1.165, 1.54) is 23.2 Å². The van der Waals surface area contributed by atoms with E-state index in [0.717, 1.165) is 6.61 Å². The fraction of sp³-hybridized carbons (Fsp3) is 0.455. The summed E-state index contributed by atoms with van der Waals surface area (Å²) in [5.41, 5.74) is 0. The molecule has 1 saturated heterocycles. The summed E-state index contributed by atoms with van der Waals surface area (Å²) in [7, 11) is -2.38. The van der Waals surface area contributed by atoms with Crippen molar-refractivity contribution in [1.82, 2.24) is 5.32 Å². The lowest BCUT2D eigenvalue weighted by atomic mass is 10.2. The first-order valence-electron chi connectivity index (χ1n) is 9.44. The Bertz CT molecular complexity index is 626. The highest BCUT2D eigenvalue weighted by molar-refractivity contribution is 6.99. The van der Waals surface area contributed by atoms with Gasteiger partial charge in [0.15, 0.2) is 0 Å². The van der Waals surface area contributed by atoms with Crippen LogP contribution < -0.4 is 15.7 Å². The van der Waals surface area contributed by atoms with E-state index in [9.17, 15) is 0 Å². The summed E-state index contributed by atoms with van der Waals surface area (Å²) in [6.07, 6.45) is 2.45. The Kier molecular flexibility index (Phi) is 5.47. The molecule has 1 N–H and O–H groups in total. The highest BCUT2D eigenvalue weighted by Crippen LogP contribution is 2.37. The predicted octanol–water partition coefficient (Wildman–Crippen LogP) is 3.70. The molecule has 0 bridgehead atoms. The van der Waals surface area contributed by atoms with Gasteiger partial charge in [0.2, 0.25) is 0 Å². The molecule has 25 heavy (non-hydrogen) atoms. The van der Waals surface area contributed by atoms with Crippen LogP contribution in [0.1, 0.15) is 40.5 Å². The van der Waals surface area contributed by atoms with Gasteiger partial charge in [0.1, 0.15) is 0 Å². The minimum absolute atomic E-state index is 0.0555. The van der Waals surface area contributed by atoms with E-state index in [1.807, 2.05) is 0 Å². The van der Waals surface area contributed by atoms with Crippen LogP contribution in [0.2, 0.25) is 5.04 Å². The average Bonchev–Trinajstić information content (AvgIpc) is 3.02. The SMILES string of the molecule is CC1CC[C@@H](CO[Si](c2ccccc2)(c2ccccc2)C(C)(C)C)N1. The number of benzene rings is 2. The molecule has 1 aliphatic rings. The Labute approximate surface area is 153 Å². The van der Waals surface area contributed by atoms with Crippen LogP contribution in [0, 0.1) is 0 Å². The van der Waals surface area contributed by atoms with Crippen LogP contribution in [0.25, 0.3) is 0 Å². The minimum atomic E-state index is -2.38. The molecule has 2 atom stereocenters. The number of rotatable bonds is 5. The highest BCUT2D eigenvalue weighted by Gasteiger charge is 2.50. The molecule has 1 fully saturated rings. The van der Waals surface area contributed by atoms with E-state index >= 15 is 0 Å². The van der Waals surface area contributed by atoms with Crippen molar-refractivity contribution in [3.63, 3.8) is 0 Å². The lowest BCUT2D eigenvalue weighted by molar-refractivity contribution is 0.258. The van der Waals surface area contributed by atoms with Crippen molar-refractivity contribution in [2.75, 3.05) is 6.61 Å². The maximum absolute atomic E-state index is 6.97. The summed E-state index contributed by atoms with van der Waals surface area (Å²) in [5.74, 6) is 0. The van der Waals surface area contributed by atoms with Gasteiger partial charge in [0.25, 0.3) is 8.32 Å². The van der Waals surface area contributed by atoms with E-state index < -0.39 is 8.32 Å². The average molecular weight is 354 g/mol. The van der Waals surface area contributed by atoms with E-state index in [0.29, 0.717) is 12.1 Å². The third-order valence-corrected chi connectivity index (χ3v) is 10.4. The van der Waals surface area contributed by atoms with Crippen molar-refractivity contribution in [2.24, 2.45) is 0 Å². The summed E-state index contributed by atoms with van der Waals surface area (Å²) in [6.45, 7) is 10.1. The Balaban J connectivity index is 2.02. The molecule has 0 radical (unpaired) electrons. The molecule has 1 unspecified atom stereocenters. The highest BCUT2D eigenvalue weighted by atomic mass is 28.4. The van der Waals surface area contributed by atoms with Crippen molar-refractivity contribution >= 4 is 18.7 Å². The zero-order valence-corrected chi connectivity index (χ0v) is 17.0. The third kappa shape index (κ3) is 3.74. The van der Waals surface area contributed by atoms with Gasteiger partial charge in [0, 0.05) is 12.1 Å². The Hall–Kier alpha value is -1.42. The van der Waals surface area contributed by atoms with E-state index in [-0.39, 0.29) is 5.04 Å². The largest absolute Gasteiger partial charge is 0.406 e. The molecule has 134 valence electrons. The number of nitrogens with one attached hydrogen (secondary N) is 1. The van der Waals surface area contributed by atoms with Gasteiger partial charge in [-0.3, -0.25) is 0 Å². The summed E-state index contributed by atoms with van der Waals surface area (Å²) < 4.78 is 6.97. The smallest absolute Gasteiger partial charge is 0.261 e. The lowest BCUT2D eigenvalue weighted by Crippen LogP contribution is -2.67. The van der Waals surface area contributed by atoms with E-state index in [2.05, 4.69) is 93.7 Å². The van der Waals surface area contributed by atoms with Gasteiger partial charge >= 0.3 is 0 Å². The van der Waals surface area contributed by atoms with Crippen LogP contribution >= 0.6 is 0 Å². The monoisotopic (exact) mass is 353 g/mol. The molecule has 2 nitrogen and oxygen atoms in total. The molecular formula is C22H31NOSi. The molecule has 3 rings (SSSR count). The van der Waals surface area contributed by atoms with Crippen molar-refractivity contribution in [3.05, 3.63) is 60.7 Å². The van der Waals surface area contributed by atoms with Gasteiger partial charge < -0.3 is 9.74 Å². The molecule has 2 aromatic rings. The molecular weight excluding hydrogens is 322 g/mol. The first-order valence-corrected chi connectivity index (χ1v) is 11.4. The molecule has 3 heteroatoms. The van der Waals surface area contributed by atoms with Gasteiger partial charge in [-0.25, -0.2) is 0 Å². The lowest BCUT2D eigenvalue weighted by Gasteiger charge is -2.43. The summed E-state index contributed by atoms with van der Waals surface area (Å²) in [6, 6.07) is 22.9. The molecule has 2 aromatic carbocycles. The van der Waals surface area contributed by atoms with Crippen molar-refractivity contribution in [2.45, 2.75) is 57.7 Å². The molecule has 1 aliphatic heterocycles. The standard InChI is InChI=1S/C22H31NOSi/c1-18-15-16-19(23-18)17-24-25(22(2,3)4,20-11-7-5-8-12-20)21-13-9-6-10-14-21/h5-14,18-19,23H,15-17H2,1-4H3/t18?,19-/m0/s1. The topological polar surface area (TPSA) is 21.3 Å². The van der Waals surface area contributed by atoms with Crippen LogP contribution in [-0.2, 0) is 4.43 Å². The van der Waals surface area contributed by atoms with Gasteiger partial charge in [-0.05, 0) is 35.2 Å². The molecule has 0 amide bonds. The Morgan fingerprint density at radius 1 is 0.920 bits per heavy atom. The molecule has 0 spiro atoms. The first-order chi connectivity index (χ1) is 11.9. The Morgan fingerprint density at radius 3 is 1.84 bits per heavy atom. The third-order valence-electron chi connectivity index (χ3n) is 5.39. The van der Waals surface area contributed by atoms with Gasteiger partial charge in [-0.2, -0.15) is 0 Å². The molecule has 1 heterocycles. The minimum Gasteiger partial charge on any atom is -0.406 e. The van der Waals surface area contributed by atoms with Crippen molar-refractivity contribution in [1.29, 1.82) is 0 Å². The fourth-order valence-corrected chi connectivity index (χ4v) is 8.75. The maximum Gasteiger partial charge on any atom is 0.261 e. The van der Waals surface area contributed by atoms with Gasteiger partial charge in [-0.15, -0.1) is 0 Å².